The first-order chi connectivity index (χ1) is 9.74. The van der Waals surface area contributed by atoms with Gasteiger partial charge in [0.25, 0.3) is 0 Å². The van der Waals surface area contributed by atoms with Crippen LogP contribution < -0.4 is 5.32 Å². The van der Waals surface area contributed by atoms with Crippen molar-refractivity contribution in [3.8, 4) is 0 Å². The predicted octanol–water partition coefficient (Wildman–Crippen LogP) is 3.25. The Morgan fingerprint density at radius 1 is 1.15 bits per heavy atom. The molecule has 1 N–H and O–H groups in total. The van der Waals surface area contributed by atoms with Gasteiger partial charge in [0.1, 0.15) is 0 Å². The Hall–Kier alpha value is -1.67. The second-order valence-corrected chi connectivity index (χ2v) is 5.89. The van der Waals surface area contributed by atoms with Crippen LogP contribution in [0.15, 0.2) is 48.7 Å². The minimum absolute atomic E-state index is 0.308. The van der Waals surface area contributed by atoms with Gasteiger partial charge in [-0.25, -0.2) is 0 Å². The van der Waals surface area contributed by atoms with Crippen molar-refractivity contribution in [2.24, 2.45) is 0 Å². The highest BCUT2D eigenvalue weighted by molar-refractivity contribution is 5.34. The third kappa shape index (κ3) is 2.48. The van der Waals surface area contributed by atoms with Crippen LogP contribution in [-0.2, 0) is 11.8 Å². The molecule has 0 spiro atoms. The van der Waals surface area contributed by atoms with E-state index in [0.717, 1.165) is 6.42 Å². The molecule has 0 amide bonds. The Morgan fingerprint density at radius 3 is 2.45 bits per heavy atom. The van der Waals surface area contributed by atoms with E-state index in [1.165, 1.54) is 29.7 Å². The van der Waals surface area contributed by atoms with E-state index in [2.05, 4.69) is 66.7 Å². The molecular formula is C18H22N2. The number of aryl methyl sites for hydroxylation is 1. The van der Waals surface area contributed by atoms with Crippen molar-refractivity contribution in [2.45, 2.75) is 37.6 Å². The summed E-state index contributed by atoms with van der Waals surface area (Å²) in [6.45, 7) is 2.08. The molecule has 0 radical (unpaired) electrons. The summed E-state index contributed by atoms with van der Waals surface area (Å²) in [5, 5.41) is 3.53. The Bertz CT molecular complexity index is 556. The molecule has 2 aromatic rings. The minimum Gasteiger partial charge on any atom is -0.316 e. The number of nitrogens with zero attached hydrogens (tertiary/aromatic N) is 1. The summed E-state index contributed by atoms with van der Waals surface area (Å²) in [4.78, 5) is 4.56. The highest BCUT2D eigenvalue weighted by Gasteiger charge is 2.49. The summed E-state index contributed by atoms with van der Waals surface area (Å²) in [7, 11) is 2.07. The second kappa shape index (κ2) is 5.37. The van der Waals surface area contributed by atoms with Crippen LogP contribution in [-0.4, -0.2) is 18.1 Å². The second-order valence-electron chi connectivity index (χ2n) is 5.89. The van der Waals surface area contributed by atoms with E-state index in [4.69, 9.17) is 0 Å². The zero-order valence-electron chi connectivity index (χ0n) is 12.3. The van der Waals surface area contributed by atoms with Crippen LogP contribution in [0.3, 0.4) is 0 Å². The highest BCUT2D eigenvalue weighted by Crippen LogP contribution is 2.51. The average Bonchev–Trinajstić information content (AvgIpc) is 3.29. The van der Waals surface area contributed by atoms with E-state index in [1.54, 1.807) is 0 Å². The van der Waals surface area contributed by atoms with Crippen LogP contribution >= 0.6 is 0 Å². The number of likely N-dealkylation sites (N-methyl/N-ethyl adjacent to an activating group) is 1. The van der Waals surface area contributed by atoms with Crippen molar-refractivity contribution < 1.29 is 0 Å². The van der Waals surface area contributed by atoms with Gasteiger partial charge in [-0.1, -0.05) is 36.4 Å². The van der Waals surface area contributed by atoms with Gasteiger partial charge in [0, 0.05) is 29.8 Å². The smallest absolute Gasteiger partial charge is 0.0419 e. The average molecular weight is 266 g/mol. The molecule has 1 aliphatic carbocycles. The Kier molecular flexibility index (Phi) is 3.58. The normalized spacial score (nSPS) is 17.7. The Labute approximate surface area is 121 Å². The molecule has 104 valence electrons. The van der Waals surface area contributed by atoms with Gasteiger partial charge < -0.3 is 5.32 Å². The fourth-order valence-electron chi connectivity index (χ4n) is 3.15. The molecule has 3 rings (SSSR count). The lowest BCUT2D eigenvalue weighted by Gasteiger charge is -2.27. The van der Waals surface area contributed by atoms with Crippen molar-refractivity contribution in [2.75, 3.05) is 7.05 Å². The maximum Gasteiger partial charge on any atom is 0.0419 e. The van der Waals surface area contributed by atoms with Crippen LogP contribution in [0.4, 0.5) is 0 Å². The minimum atomic E-state index is 0.308. The number of pyridine rings is 1. The van der Waals surface area contributed by atoms with Crippen LogP contribution in [0.2, 0.25) is 0 Å². The number of rotatable bonds is 5. The predicted molar refractivity (Wildman–Crippen MR) is 82.9 cm³/mol. The van der Waals surface area contributed by atoms with Gasteiger partial charge in [0.2, 0.25) is 0 Å². The van der Waals surface area contributed by atoms with E-state index in [0.29, 0.717) is 11.5 Å². The van der Waals surface area contributed by atoms with E-state index in [1.807, 2.05) is 6.20 Å². The zero-order valence-corrected chi connectivity index (χ0v) is 12.3. The maximum atomic E-state index is 4.56. The third-order valence-corrected chi connectivity index (χ3v) is 4.54. The molecule has 1 atom stereocenters. The summed E-state index contributed by atoms with van der Waals surface area (Å²) in [6.07, 6.45) is 5.50. The summed E-state index contributed by atoms with van der Waals surface area (Å²) in [5.74, 6) is 0. The largest absolute Gasteiger partial charge is 0.316 e. The van der Waals surface area contributed by atoms with Gasteiger partial charge in [-0.15, -0.1) is 0 Å². The number of aromatic nitrogens is 1. The maximum absolute atomic E-state index is 4.56. The van der Waals surface area contributed by atoms with Crippen molar-refractivity contribution in [1.82, 2.24) is 10.3 Å². The van der Waals surface area contributed by atoms with Gasteiger partial charge in [0.15, 0.2) is 0 Å². The van der Waals surface area contributed by atoms with Crippen molar-refractivity contribution in [3.63, 3.8) is 0 Å². The van der Waals surface area contributed by atoms with Crippen molar-refractivity contribution in [1.29, 1.82) is 0 Å². The lowest BCUT2D eigenvalue weighted by molar-refractivity contribution is 0.439. The van der Waals surface area contributed by atoms with Crippen LogP contribution in [0, 0.1) is 6.92 Å². The molecule has 0 saturated heterocycles. The Morgan fingerprint density at radius 2 is 1.90 bits per heavy atom. The number of nitrogens with one attached hydrogen (secondary N) is 1. The summed E-state index contributed by atoms with van der Waals surface area (Å²) < 4.78 is 0. The SMILES string of the molecule is CNC(Cc1ccc(C)cn1)C1(c2ccccc2)CC1. The molecule has 1 aliphatic rings. The molecular weight excluding hydrogens is 244 g/mol. The lowest BCUT2D eigenvalue weighted by atomic mass is 9.85. The van der Waals surface area contributed by atoms with E-state index < -0.39 is 0 Å². The van der Waals surface area contributed by atoms with E-state index >= 15 is 0 Å². The fraction of sp³-hybridized carbons (Fsp3) is 0.389. The quantitative estimate of drug-likeness (QED) is 0.898. The number of benzene rings is 1. The molecule has 1 saturated carbocycles. The summed E-state index contributed by atoms with van der Waals surface area (Å²) >= 11 is 0. The number of hydrogen-bond acceptors (Lipinski definition) is 2. The molecule has 1 aromatic carbocycles. The van der Waals surface area contributed by atoms with Crippen molar-refractivity contribution in [3.05, 3.63) is 65.5 Å². The summed E-state index contributed by atoms with van der Waals surface area (Å²) in [6, 6.07) is 15.7. The van der Waals surface area contributed by atoms with Gasteiger partial charge in [-0.05, 0) is 44.0 Å². The summed E-state index contributed by atoms with van der Waals surface area (Å²) in [5.41, 5.74) is 4.17. The van der Waals surface area contributed by atoms with Gasteiger partial charge >= 0.3 is 0 Å². The van der Waals surface area contributed by atoms with Gasteiger partial charge in [-0.2, -0.15) is 0 Å². The first-order valence-electron chi connectivity index (χ1n) is 7.39. The topological polar surface area (TPSA) is 24.9 Å². The van der Waals surface area contributed by atoms with Crippen molar-refractivity contribution >= 4 is 0 Å². The van der Waals surface area contributed by atoms with Crippen LogP contribution in [0.5, 0.6) is 0 Å². The molecule has 2 nitrogen and oxygen atoms in total. The number of hydrogen-bond donors (Lipinski definition) is 1. The molecule has 1 aromatic heterocycles. The first-order valence-corrected chi connectivity index (χ1v) is 7.39. The Balaban J connectivity index is 1.82. The molecule has 0 aliphatic heterocycles. The standard InChI is InChI=1S/C18H22N2/c1-14-8-9-16(20-13-14)12-17(19-2)18(10-11-18)15-6-4-3-5-7-15/h3-9,13,17,19H,10-12H2,1-2H3. The van der Waals surface area contributed by atoms with Crippen LogP contribution in [0.25, 0.3) is 0 Å². The highest BCUT2D eigenvalue weighted by atomic mass is 14.9. The van der Waals surface area contributed by atoms with Gasteiger partial charge in [-0.3, -0.25) is 4.98 Å². The molecule has 1 unspecified atom stereocenters. The van der Waals surface area contributed by atoms with E-state index in [9.17, 15) is 0 Å². The zero-order chi connectivity index (χ0) is 14.0. The van der Waals surface area contributed by atoms with E-state index in [-0.39, 0.29) is 0 Å². The molecule has 1 fully saturated rings. The molecule has 1 heterocycles. The monoisotopic (exact) mass is 266 g/mol. The lowest BCUT2D eigenvalue weighted by Crippen LogP contribution is -2.39. The van der Waals surface area contributed by atoms with Crippen LogP contribution in [0.1, 0.15) is 29.7 Å². The molecule has 2 heteroatoms. The fourth-order valence-corrected chi connectivity index (χ4v) is 3.15. The third-order valence-electron chi connectivity index (χ3n) is 4.54. The first kappa shape index (κ1) is 13.3. The molecule has 20 heavy (non-hydrogen) atoms. The molecule has 0 bridgehead atoms. The van der Waals surface area contributed by atoms with Gasteiger partial charge in [0.05, 0.1) is 0 Å².